The van der Waals surface area contributed by atoms with Crippen molar-refractivity contribution in [2.75, 3.05) is 13.7 Å². The van der Waals surface area contributed by atoms with Gasteiger partial charge in [0.05, 0.1) is 7.11 Å². The average Bonchev–Trinajstić information content (AvgIpc) is 2.57. The molecule has 0 unspecified atom stereocenters. The molecule has 2 aromatic rings. The summed E-state index contributed by atoms with van der Waals surface area (Å²) in [6.45, 7) is 1.28. The highest BCUT2D eigenvalue weighted by Crippen LogP contribution is 2.21. The molecule has 0 saturated carbocycles. The third-order valence-electron chi connectivity index (χ3n) is 3.23. The van der Waals surface area contributed by atoms with Crippen LogP contribution in [0.5, 0.6) is 11.5 Å². The fourth-order valence-corrected chi connectivity index (χ4v) is 2.39. The largest absolute Gasteiger partial charge is 0.496 e. The molecule has 0 saturated heterocycles. The van der Waals surface area contributed by atoms with E-state index in [4.69, 9.17) is 14.2 Å². The molecule has 0 aromatic heterocycles. The highest BCUT2D eigenvalue weighted by atomic mass is 79.9. The van der Waals surface area contributed by atoms with E-state index in [2.05, 4.69) is 15.9 Å². The summed E-state index contributed by atoms with van der Waals surface area (Å²) in [6.07, 6.45) is 0. The van der Waals surface area contributed by atoms with Crippen molar-refractivity contribution < 1.29 is 23.8 Å². The smallest absolute Gasteiger partial charge is 0.344 e. The van der Waals surface area contributed by atoms with Gasteiger partial charge in [-0.15, -0.1) is 0 Å². The third-order valence-corrected chi connectivity index (χ3v) is 3.72. The van der Waals surface area contributed by atoms with E-state index >= 15 is 0 Å². The molecule has 0 amide bonds. The molecule has 0 bridgehead atoms. The van der Waals surface area contributed by atoms with Crippen molar-refractivity contribution in [3.05, 3.63) is 58.1 Å². The Hall–Kier alpha value is -2.34. The van der Waals surface area contributed by atoms with Crippen LogP contribution in [0.2, 0.25) is 0 Å². The number of benzene rings is 2. The molecule has 0 aliphatic carbocycles. The lowest BCUT2D eigenvalue weighted by molar-refractivity contribution is -0.147. The molecule has 0 N–H and O–H groups in total. The van der Waals surface area contributed by atoms with Crippen molar-refractivity contribution in [2.24, 2.45) is 0 Å². The number of Topliss-reactive ketones (excluding diaryl/α,β-unsaturated/α-hetero) is 1. The van der Waals surface area contributed by atoms with Crippen LogP contribution in [0.3, 0.4) is 0 Å². The molecular formula is C18H17BrO5. The molecule has 6 heteroatoms. The number of hydrogen-bond acceptors (Lipinski definition) is 5. The van der Waals surface area contributed by atoms with E-state index < -0.39 is 5.97 Å². The van der Waals surface area contributed by atoms with E-state index in [1.54, 1.807) is 30.3 Å². The molecule has 0 aliphatic heterocycles. The zero-order chi connectivity index (χ0) is 17.5. The van der Waals surface area contributed by atoms with Crippen LogP contribution in [0.4, 0.5) is 0 Å². The summed E-state index contributed by atoms with van der Waals surface area (Å²) < 4.78 is 16.6. The highest BCUT2D eigenvalue weighted by Gasteiger charge is 2.11. The van der Waals surface area contributed by atoms with E-state index in [9.17, 15) is 9.59 Å². The SMILES string of the molecule is COc1ccc(C(C)=O)cc1COC(=O)COc1cccc(Br)c1. The lowest BCUT2D eigenvalue weighted by Gasteiger charge is -2.11. The zero-order valence-corrected chi connectivity index (χ0v) is 15.0. The Balaban J connectivity index is 1.93. The first-order valence-electron chi connectivity index (χ1n) is 7.21. The van der Waals surface area contributed by atoms with Gasteiger partial charge in [0.1, 0.15) is 18.1 Å². The number of methoxy groups -OCH3 is 1. The summed E-state index contributed by atoms with van der Waals surface area (Å²) >= 11 is 3.33. The molecule has 2 aromatic carbocycles. The molecule has 24 heavy (non-hydrogen) atoms. The van der Waals surface area contributed by atoms with Crippen LogP contribution in [-0.4, -0.2) is 25.5 Å². The maximum absolute atomic E-state index is 11.8. The van der Waals surface area contributed by atoms with E-state index in [1.165, 1.54) is 14.0 Å². The molecule has 0 heterocycles. The quantitative estimate of drug-likeness (QED) is 0.529. The maximum Gasteiger partial charge on any atom is 0.344 e. The predicted molar refractivity (Wildman–Crippen MR) is 92.4 cm³/mol. The lowest BCUT2D eigenvalue weighted by atomic mass is 10.1. The number of carbonyl (C=O) groups is 2. The fourth-order valence-electron chi connectivity index (χ4n) is 2.01. The number of ether oxygens (including phenoxy) is 3. The van der Waals surface area contributed by atoms with Gasteiger partial charge in [-0.05, 0) is 43.3 Å². The first-order chi connectivity index (χ1) is 11.5. The second kappa shape index (κ2) is 8.49. The van der Waals surface area contributed by atoms with Crippen molar-refractivity contribution in [2.45, 2.75) is 13.5 Å². The summed E-state index contributed by atoms with van der Waals surface area (Å²) in [4.78, 5) is 23.3. The molecule has 0 radical (unpaired) electrons. The molecular weight excluding hydrogens is 376 g/mol. The van der Waals surface area contributed by atoms with Crippen LogP contribution < -0.4 is 9.47 Å². The van der Waals surface area contributed by atoms with Crippen LogP contribution in [0.15, 0.2) is 46.9 Å². The second-order valence-electron chi connectivity index (χ2n) is 4.99. The summed E-state index contributed by atoms with van der Waals surface area (Å²) in [7, 11) is 1.52. The third kappa shape index (κ3) is 5.09. The van der Waals surface area contributed by atoms with Crippen LogP contribution in [0.25, 0.3) is 0 Å². The second-order valence-corrected chi connectivity index (χ2v) is 5.91. The lowest BCUT2D eigenvalue weighted by Crippen LogP contribution is -2.15. The van der Waals surface area contributed by atoms with Gasteiger partial charge in [0.2, 0.25) is 0 Å². The average molecular weight is 393 g/mol. The standard InChI is InChI=1S/C18H17BrO5/c1-12(20)13-6-7-17(22-2)14(8-13)10-24-18(21)11-23-16-5-3-4-15(19)9-16/h3-9H,10-11H2,1-2H3. The van der Waals surface area contributed by atoms with Gasteiger partial charge in [0.15, 0.2) is 12.4 Å². The highest BCUT2D eigenvalue weighted by molar-refractivity contribution is 9.10. The molecule has 0 spiro atoms. The number of ketones is 1. The van der Waals surface area contributed by atoms with Crippen LogP contribution in [-0.2, 0) is 16.1 Å². The van der Waals surface area contributed by atoms with Gasteiger partial charge < -0.3 is 14.2 Å². The summed E-state index contributed by atoms with van der Waals surface area (Å²) in [5.41, 5.74) is 1.16. The van der Waals surface area contributed by atoms with Gasteiger partial charge in [-0.2, -0.15) is 0 Å². The molecule has 0 aliphatic rings. The Kier molecular flexibility index (Phi) is 6.37. The van der Waals surface area contributed by atoms with Gasteiger partial charge in [-0.25, -0.2) is 4.79 Å². The first kappa shape index (κ1) is 18.0. The number of rotatable bonds is 7. The number of hydrogen-bond donors (Lipinski definition) is 0. The number of esters is 1. The van der Waals surface area contributed by atoms with Gasteiger partial charge in [0.25, 0.3) is 0 Å². The summed E-state index contributed by atoms with van der Waals surface area (Å²) in [5, 5.41) is 0. The van der Waals surface area contributed by atoms with E-state index in [1.807, 2.05) is 12.1 Å². The Morgan fingerprint density at radius 1 is 1.12 bits per heavy atom. The van der Waals surface area contributed by atoms with Crippen LogP contribution in [0, 0.1) is 0 Å². The van der Waals surface area contributed by atoms with Gasteiger partial charge in [-0.1, -0.05) is 22.0 Å². The van der Waals surface area contributed by atoms with E-state index in [0.29, 0.717) is 22.6 Å². The van der Waals surface area contributed by atoms with E-state index in [0.717, 1.165) is 4.47 Å². The van der Waals surface area contributed by atoms with Crippen molar-refractivity contribution >= 4 is 27.7 Å². The monoisotopic (exact) mass is 392 g/mol. The Labute approximate surface area is 148 Å². The van der Waals surface area contributed by atoms with Crippen molar-refractivity contribution in [1.82, 2.24) is 0 Å². The minimum atomic E-state index is -0.509. The van der Waals surface area contributed by atoms with Gasteiger partial charge in [-0.3, -0.25) is 4.79 Å². The molecule has 126 valence electrons. The molecule has 5 nitrogen and oxygen atoms in total. The summed E-state index contributed by atoms with van der Waals surface area (Å²) in [5.74, 6) is 0.548. The predicted octanol–water partition coefficient (Wildman–Crippen LogP) is 3.78. The fraction of sp³-hybridized carbons (Fsp3) is 0.222. The van der Waals surface area contributed by atoms with E-state index in [-0.39, 0.29) is 19.0 Å². The molecule has 2 rings (SSSR count). The summed E-state index contributed by atoms with van der Waals surface area (Å²) in [6, 6.07) is 12.2. The Morgan fingerprint density at radius 2 is 1.92 bits per heavy atom. The first-order valence-corrected chi connectivity index (χ1v) is 8.00. The molecule has 0 fully saturated rings. The topological polar surface area (TPSA) is 61.8 Å². The normalized spacial score (nSPS) is 10.1. The minimum Gasteiger partial charge on any atom is -0.496 e. The number of carbonyl (C=O) groups excluding carboxylic acids is 2. The van der Waals surface area contributed by atoms with Gasteiger partial charge >= 0.3 is 5.97 Å². The zero-order valence-electron chi connectivity index (χ0n) is 13.4. The number of halogens is 1. The van der Waals surface area contributed by atoms with Crippen molar-refractivity contribution in [3.63, 3.8) is 0 Å². The van der Waals surface area contributed by atoms with Crippen LogP contribution >= 0.6 is 15.9 Å². The van der Waals surface area contributed by atoms with Crippen LogP contribution in [0.1, 0.15) is 22.8 Å². The minimum absolute atomic E-state index is 0.00493. The molecule has 0 atom stereocenters. The maximum atomic E-state index is 11.8. The Bertz CT molecular complexity index is 742. The Morgan fingerprint density at radius 3 is 2.58 bits per heavy atom. The van der Waals surface area contributed by atoms with Crippen molar-refractivity contribution in [1.29, 1.82) is 0 Å². The van der Waals surface area contributed by atoms with Gasteiger partial charge in [0, 0.05) is 15.6 Å². The van der Waals surface area contributed by atoms with Crippen molar-refractivity contribution in [3.8, 4) is 11.5 Å².